The summed E-state index contributed by atoms with van der Waals surface area (Å²) in [5.41, 5.74) is 0.320. The van der Waals surface area contributed by atoms with Gasteiger partial charge in [0.2, 0.25) is 0 Å². The Morgan fingerprint density at radius 3 is 2.84 bits per heavy atom. The molecule has 0 aliphatic carbocycles. The van der Waals surface area contributed by atoms with Crippen molar-refractivity contribution < 1.29 is 9.72 Å². The molecular formula is C12H16BrN3O3. The van der Waals surface area contributed by atoms with Crippen LogP contribution in [-0.4, -0.2) is 38.2 Å². The zero-order valence-electron chi connectivity index (χ0n) is 10.9. The van der Waals surface area contributed by atoms with E-state index in [0.717, 1.165) is 11.8 Å². The molecule has 2 atom stereocenters. The van der Waals surface area contributed by atoms with E-state index in [1.54, 1.807) is 11.9 Å². The smallest absolute Gasteiger partial charge is 0.287 e. The maximum atomic E-state index is 12.5. The number of carbonyl (C=O) groups excluding carboxylic acids is 1. The Balaban J connectivity index is 2.27. The zero-order chi connectivity index (χ0) is 14.2. The molecule has 0 aromatic carbocycles. The summed E-state index contributed by atoms with van der Waals surface area (Å²) < 4.78 is 1.52. The van der Waals surface area contributed by atoms with E-state index in [0.29, 0.717) is 18.2 Å². The fourth-order valence-corrected chi connectivity index (χ4v) is 3.49. The molecule has 7 heteroatoms. The third-order valence-corrected chi connectivity index (χ3v) is 4.39. The van der Waals surface area contributed by atoms with Crippen molar-refractivity contribution in [1.29, 1.82) is 0 Å². The largest absolute Gasteiger partial charge is 0.340 e. The first-order chi connectivity index (χ1) is 8.95. The average Bonchev–Trinajstić information content (AvgIpc) is 2.91. The van der Waals surface area contributed by atoms with Crippen molar-refractivity contribution in [3.63, 3.8) is 0 Å². The molecule has 1 aromatic heterocycles. The molecule has 1 aliphatic heterocycles. The summed E-state index contributed by atoms with van der Waals surface area (Å²) >= 11 is 3.44. The fraction of sp³-hybridized carbons (Fsp3) is 0.583. The standard InChI is InChI=1S/C12H16BrN3O3/c1-8-3-4-15(11(8)6-13)12(17)10-5-9(16(18)19)7-14(10)2/h5,7-8,11H,3-4,6H2,1-2H3. The van der Waals surface area contributed by atoms with Crippen LogP contribution in [-0.2, 0) is 7.05 Å². The minimum Gasteiger partial charge on any atom is -0.340 e. The Labute approximate surface area is 119 Å². The summed E-state index contributed by atoms with van der Waals surface area (Å²) in [4.78, 5) is 24.5. The monoisotopic (exact) mass is 329 g/mol. The lowest BCUT2D eigenvalue weighted by Gasteiger charge is -2.25. The SMILES string of the molecule is CC1CCN(C(=O)c2cc([N+](=O)[O-])cn2C)C1CBr. The summed E-state index contributed by atoms with van der Waals surface area (Å²) in [7, 11) is 1.66. The summed E-state index contributed by atoms with van der Waals surface area (Å²) in [6, 6.07) is 1.50. The molecular weight excluding hydrogens is 314 g/mol. The Morgan fingerprint density at radius 1 is 1.63 bits per heavy atom. The van der Waals surface area contributed by atoms with E-state index in [9.17, 15) is 14.9 Å². The van der Waals surface area contributed by atoms with Crippen LogP contribution in [0.3, 0.4) is 0 Å². The number of nitro groups is 1. The first-order valence-corrected chi connectivity index (χ1v) is 7.25. The van der Waals surface area contributed by atoms with Gasteiger partial charge in [0.1, 0.15) is 5.69 Å². The highest BCUT2D eigenvalue weighted by Crippen LogP contribution is 2.28. The number of aryl methyl sites for hydroxylation is 1. The molecule has 1 aromatic rings. The van der Waals surface area contributed by atoms with Crippen molar-refractivity contribution in [2.75, 3.05) is 11.9 Å². The Morgan fingerprint density at radius 2 is 2.32 bits per heavy atom. The van der Waals surface area contributed by atoms with E-state index in [-0.39, 0.29) is 17.6 Å². The van der Waals surface area contributed by atoms with Gasteiger partial charge in [0.05, 0.1) is 11.1 Å². The lowest BCUT2D eigenvalue weighted by atomic mass is 10.1. The molecule has 2 heterocycles. The molecule has 6 nitrogen and oxygen atoms in total. The van der Waals surface area contributed by atoms with Crippen molar-refractivity contribution >= 4 is 27.5 Å². The Kier molecular flexibility index (Phi) is 3.93. The lowest BCUT2D eigenvalue weighted by Crippen LogP contribution is -2.39. The molecule has 2 rings (SSSR count). The molecule has 1 aliphatic rings. The maximum Gasteiger partial charge on any atom is 0.287 e. The maximum absolute atomic E-state index is 12.5. The summed E-state index contributed by atoms with van der Waals surface area (Å²) in [5.74, 6) is 0.308. The average molecular weight is 330 g/mol. The second-order valence-electron chi connectivity index (χ2n) is 4.94. The molecule has 0 saturated carbocycles. The van der Waals surface area contributed by atoms with Crippen LogP contribution in [0, 0.1) is 16.0 Å². The van der Waals surface area contributed by atoms with Crippen LogP contribution >= 0.6 is 15.9 Å². The number of likely N-dealkylation sites (tertiary alicyclic amines) is 1. The van der Waals surface area contributed by atoms with Gasteiger partial charge in [0.25, 0.3) is 11.6 Å². The van der Waals surface area contributed by atoms with Crippen LogP contribution < -0.4 is 0 Å². The number of hydrogen-bond acceptors (Lipinski definition) is 3. The highest BCUT2D eigenvalue weighted by atomic mass is 79.9. The molecule has 1 amide bonds. The van der Waals surface area contributed by atoms with Gasteiger partial charge in [-0.25, -0.2) is 0 Å². The first kappa shape index (κ1) is 14.0. The number of carbonyl (C=O) groups is 1. The predicted octanol–water partition coefficient (Wildman–Crippen LogP) is 2.18. The van der Waals surface area contributed by atoms with Gasteiger partial charge in [-0.15, -0.1) is 0 Å². The highest BCUT2D eigenvalue weighted by Gasteiger charge is 2.35. The molecule has 0 radical (unpaired) electrons. The normalized spacial score (nSPS) is 22.8. The van der Waals surface area contributed by atoms with Crippen LogP contribution in [0.15, 0.2) is 12.3 Å². The van der Waals surface area contributed by atoms with Crippen molar-refractivity contribution in [3.8, 4) is 0 Å². The van der Waals surface area contributed by atoms with Crippen molar-refractivity contribution in [2.24, 2.45) is 13.0 Å². The topological polar surface area (TPSA) is 68.4 Å². The molecule has 2 unspecified atom stereocenters. The van der Waals surface area contributed by atoms with Gasteiger partial charge in [-0.05, 0) is 12.3 Å². The number of alkyl halides is 1. The van der Waals surface area contributed by atoms with E-state index < -0.39 is 4.92 Å². The predicted molar refractivity (Wildman–Crippen MR) is 74.5 cm³/mol. The number of hydrogen-bond donors (Lipinski definition) is 0. The third-order valence-electron chi connectivity index (χ3n) is 3.72. The van der Waals surface area contributed by atoms with Gasteiger partial charge in [-0.2, -0.15) is 0 Å². The second kappa shape index (κ2) is 5.32. The minimum absolute atomic E-state index is 0.0477. The van der Waals surface area contributed by atoms with E-state index in [4.69, 9.17) is 0 Å². The number of amides is 1. The summed E-state index contributed by atoms with van der Waals surface area (Å²) in [6.07, 6.45) is 2.34. The Hall–Kier alpha value is -1.37. The van der Waals surface area contributed by atoms with E-state index in [2.05, 4.69) is 22.9 Å². The first-order valence-electron chi connectivity index (χ1n) is 6.13. The number of nitrogens with zero attached hydrogens (tertiary/aromatic N) is 3. The lowest BCUT2D eigenvalue weighted by molar-refractivity contribution is -0.384. The van der Waals surface area contributed by atoms with Crippen LogP contribution in [0.1, 0.15) is 23.8 Å². The Bertz CT molecular complexity index is 514. The van der Waals surface area contributed by atoms with Crippen LogP contribution in [0.4, 0.5) is 5.69 Å². The summed E-state index contributed by atoms with van der Waals surface area (Å²) in [6.45, 7) is 2.82. The van der Waals surface area contributed by atoms with E-state index in [1.807, 2.05) is 0 Å². The quantitative estimate of drug-likeness (QED) is 0.485. The van der Waals surface area contributed by atoms with Crippen LogP contribution in [0.25, 0.3) is 0 Å². The second-order valence-corrected chi connectivity index (χ2v) is 5.59. The van der Waals surface area contributed by atoms with Crippen LogP contribution in [0.5, 0.6) is 0 Å². The number of halogens is 1. The van der Waals surface area contributed by atoms with Gasteiger partial charge in [0, 0.05) is 31.0 Å². The molecule has 1 fully saturated rings. The number of aromatic nitrogens is 1. The number of rotatable bonds is 3. The van der Waals surface area contributed by atoms with Gasteiger partial charge >= 0.3 is 0 Å². The fourth-order valence-electron chi connectivity index (χ4n) is 2.50. The minimum atomic E-state index is -0.481. The van der Waals surface area contributed by atoms with Gasteiger partial charge in [-0.3, -0.25) is 14.9 Å². The molecule has 1 saturated heterocycles. The molecule has 0 N–H and O–H groups in total. The molecule has 104 valence electrons. The van der Waals surface area contributed by atoms with E-state index in [1.165, 1.54) is 16.8 Å². The molecule has 0 spiro atoms. The van der Waals surface area contributed by atoms with Gasteiger partial charge in [-0.1, -0.05) is 22.9 Å². The molecule has 19 heavy (non-hydrogen) atoms. The highest BCUT2D eigenvalue weighted by molar-refractivity contribution is 9.09. The van der Waals surface area contributed by atoms with Crippen molar-refractivity contribution in [2.45, 2.75) is 19.4 Å². The van der Waals surface area contributed by atoms with Crippen molar-refractivity contribution in [3.05, 3.63) is 28.1 Å². The van der Waals surface area contributed by atoms with Crippen molar-refractivity contribution in [1.82, 2.24) is 9.47 Å². The van der Waals surface area contributed by atoms with E-state index >= 15 is 0 Å². The molecule has 0 bridgehead atoms. The van der Waals surface area contributed by atoms with Crippen LogP contribution in [0.2, 0.25) is 0 Å². The zero-order valence-corrected chi connectivity index (χ0v) is 12.5. The third kappa shape index (κ3) is 2.51. The summed E-state index contributed by atoms with van der Waals surface area (Å²) in [5, 5.41) is 11.5. The van der Waals surface area contributed by atoms with Gasteiger partial charge in [0.15, 0.2) is 0 Å². The van der Waals surface area contributed by atoms with Gasteiger partial charge < -0.3 is 9.47 Å².